The standard InChI is InChI=1S/C15H9ClF4N6/c1-7(15(18,19)20)24-13-11(9-3-2-8(5-21)4-10(9)17)12(16)25-14-22-6-23-26(13)14/h2-4,6-7,24H,1H3/t7-/m0/s1. The number of anilines is 1. The molecule has 3 rings (SSSR count). The van der Waals surface area contributed by atoms with Crippen LogP contribution in [0, 0.1) is 17.1 Å². The van der Waals surface area contributed by atoms with Gasteiger partial charge in [-0.2, -0.15) is 38.0 Å². The van der Waals surface area contributed by atoms with E-state index in [0.29, 0.717) is 0 Å². The number of benzene rings is 1. The van der Waals surface area contributed by atoms with Crippen LogP contribution in [0.1, 0.15) is 12.5 Å². The molecule has 0 saturated heterocycles. The molecule has 0 amide bonds. The third kappa shape index (κ3) is 3.13. The maximum atomic E-state index is 14.4. The highest BCUT2D eigenvalue weighted by Gasteiger charge is 2.37. The van der Waals surface area contributed by atoms with Crippen LogP contribution in [-0.4, -0.2) is 31.8 Å². The molecule has 134 valence electrons. The molecule has 0 fully saturated rings. The first-order valence-corrected chi connectivity index (χ1v) is 7.52. The maximum absolute atomic E-state index is 14.4. The molecule has 1 aromatic carbocycles. The summed E-state index contributed by atoms with van der Waals surface area (Å²) in [7, 11) is 0. The molecule has 6 nitrogen and oxygen atoms in total. The molecular weight excluding hydrogens is 376 g/mol. The molecule has 1 N–H and O–H groups in total. The van der Waals surface area contributed by atoms with Crippen LogP contribution >= 0.6 is 11.6 Å². The number of rotatable bonds is 3. The van der Waals surface area contributed by atoms with Crippen LogP contribution in [0.15, 0.2) is 24.5 Å². The van der Waals surface area contributed by atoms with E-state index in [-0.39, 0.29) is 33.4 Å². The predicted molar refractivity (Wildman–Crippen MR) is 85.0 cm³/mol. The minimum absolute atomic E-state index is 0.0512. The molecule has 2 aromatic heterocycles. The average molecular weight is 385 g/mol. The smallest absolute Gasteiger partial charge is 0.358 e. The van der Waals surface area contributed by atoms with E-state index in [4.69, 9.17) is 16.9 Å². The molecule has 1 atom stereocenters. The Hall–Kier alpha value is -2.93. The number of nitrogens with one attached hydrogen (secondary N) is 1. The SMILES string of the molecule is C[C@H](Nc1c(-c2ccc(C#N)cc2F)c(Cl)nc2ncnn12)C(F)(F)F. The zero-order valence-corrected chi connectivity index (χ0v) is 13.8. The largest absolute Gasteiger partial charge is 0.408 e. The van der Waals surface area contributed by atoms with Gasteiger partial charge < -0.3 is 5.32 Å². The maximum Gasteiger partial charge on any atom is 0.408 e. The summed E-state index contributed by atoms with van der Waals surface area (Å²) in [5, 5.41) is 14.7. The second-order valence-electron chi connectivity index (χ2n) is 5.31. The van der Waals surface area contributed by atoms with Crippen molar-refractivity contribution in [2.75, 3.05) is 5.32 Å². The number of aromatic nitrogens is 4. The average Bonchev–Trinajstić information content (AvgIpc) is 3.02. The van der Waals surface area contributed by atoms with E-state index in [1.807, 2.05) is 0 Å². The van der Waals surface area contributed by atoms with Gasteiger partial charge in [0.25, 0.3) is 5.78 Å². The molecule has 0 radical (unpaired) electrons. The molecule has 0 bridgehead atoms. The molecule has 0 aliphatic carbocycles. The Balaban J connectivity index is 2.26. The fraction of sp³-hybridized carbons (Fsp3) is 0.200. The number of halogens is 5. The van der Waals surface area contributed by atoms with E-state index < -0.39 is 18.0 Å². The number of nitrogens with zero attached hydrogens (tertiary/aromatic N) is 5. The predicted octanol–water partition coefficient (Wildman–Crippen LogP) is 3.82. The minimum Gasteiger partial charge on any atom is -0.358 e. The van der Waals surface area contributed by atoms with E-state index in [1.165, 1.54) is 12.1 Å². The Bertz CT molecular complexity index is 1020. The molecule has 0 aliphatic rings. The molecule has 3 aromatic rings. The summed E-state index contributed by atoms with van der Waals surface area (Å²) in [5.41, 5.74) is -0.200. The van der Waals surface area contributed by atoms with Crippen LogP contribution < -0.4 is 5.32 Å². The molecule has 0 unspecified atom stereocenters. The van der Waals surface area contributed by atoms with Crippen molar-refractivity contribution < 1.29 is 17.6 Å². The lowest BCUT2D eigenvalue weighted by atomic mass is 10.0. The van der Waals surface area contributed by atoms with E-state index >= 15 is 0 Å². The lowest BCUT2D eigenvalue weighted by Gasteiger charge is -2.21. The van der Waals surface area contributed by atoms with Gasteiger partial charge in [-0.25, -0.2) is 4.39 Å². The first-order valence-electron chi connectivity index (χ1n) is 7.15. The monoisotopic (exact) mass is 384 g/mol. The van der Waals surface area contributed by atoms with Crippen molar-refractivity contribution in [1.29, 1.82) is 5.26 Å². The summed E-state index contributed by atoms with van der Waals surface area (Å²) in [4.78, 5) is 7.72. The molecular formula is C15H9ClF4N6. The molecule has 0 aliphatic heterocycles. The van der Waals surface area contributed by atoms with Gasteiger partial charge >= 0.3 is 6.18 Å². The van der Waals surface area contributed by atoms with Gasteiger partial charge in [0.05, 0.1) is 17.2 Å². The van der Waals surface area contributed by atoms with Crippen molar-refractivity contribution >= 4 is 23.2 Å². The van der Waals surface area contributed by atoms with Crippen molar-refractivity contribution in [2.24, 2.45) is 0 Å². The van der Waals surface area contributed by atoms with Gasteiger partial charge in [-0.05, 0) is 25.1 Å². The number of hydrogen-bond acceptors (Lipinski definition) is 5. The lowest BCUT2D eigenvalue weighted by Crippen LogP contribution is -2.34. The van der Waals surface area contributed by atoms with Crippen molar-refractivity contribution in [3.63, 3.8) is 0 Å². The summed E-state index contributed by atoms with van der Waals surface area (Å²) < 4.78 is 54.5. The van der Waals surface area contributed by atoms with Gasteiger partial charge in [-0.1, -0.05) is 11.6 Å². The van der Waals surface area contributed by atoms with Crippen LogP contribution in [0.25, 0.3) is 16.9 Å². The number of nitriles is 1. The van der Waals surface area contributed by atoms with E-state index in [0.717, 1.165) is 23.8 Å². The summed E-state index contributed by atoms with van der Waals surface area (Å²) in [6.07, 6.45) is -3.48. The lowest BCUT2D eigenvalue weighted by molar-refractivity contribution is -0.138. The highest BCUT2D eigenvalue weighted by atomic mass is 35.5. The number of alkyl halides is 3. The van der Waals surface area contributed by atoms with Crippen LogP contribution in [0.2, 0.25) is 5.15 Å². The highest BCUT2D eigenvalue weighted by molar-refractivity contribution is 6.33. The van der Waals surface area contributed by atoms with Crippen molar-refractivity contribution in [3.8, 4) is 17.2 Å². The topological polar surface area (TPSA) is 78.9 Å². The highest BCUT2D eigenvalue weighted by Crippen LogP contribution is 2.37. The molecule has 0 spiro atoms. The van der Waals surface area contributed by atoms with Crippen molar-refractivity contribution in [1.82, 2.24) is 19.6 Å². The Labute approximate surface area is 149 Å². The summed E-state index contributed by atoms with van der Waals surface area (Å²) in [6, 6.07) is 3.30. The molecule has 2 heterocycles. The third-order valence-corrected chi connectivity index (χ3v) is 3.87. The van der Waals surface area contributed by atoms with Gasteiger partial charge in [-0.3, -0.25) is 0 Å². The molecule has 11 heteroatoms. The zero-order valence-electron chi connectivity index (χ0n) is 13.0. The second kappa shape index (κ2) is 6.42. The van der Waals surface area contributed by atoms with Gasteiger partial charge in [-0.15, -0.1) is 0 Å². The van der Waals surface area contributed by atoms with Gasteiger partial charge in [0, 0.05) is 5.56 Å². The van der Waals surface area contributed by atoms with Crippen molar-refractivity contribution in [3.05, 3.63) is 41.1 Å². The first kappa shape index (κ1) is 17.9. The Morgan fingerprint density at radius 1 is 1.35 bits per heavy atom. The summed E-state index contributed by atoms with van der Waals surface area (Å²) in [5.74, 6) is -1.11. The summed E-state index contributed by atoms with van der Waals surface area (Å²) >= 11 is 6.10. The molecule has 0 saturated carbocycles. The van der Waals surface area contributed by atoms with Gasteiger partial charge in [0.2, 0.25) is 0 Å². The first-order chi connectivity index (χ1) is 12.2. The Morgan fingerprint density at radius 2 is 2.08 bits per heavy atom. The van der Waals surface area contributed by atoms with E-state index in [2.05, 4.69) is 20.4 Å². The van der Waals surface area contributed by atoms with Gasteiger partial charge in [0.1, 0.15) is 29.2 Å². The van der Waals surface area contributed by atoms with Crippen molar-refractivity contribution in [2.45, 2.75) is 19.1 Å². The van der Waals surface area contributed by atoms with Crippen LogP contribution in [0.5, 0.6) is 0 Å². The Morgan fingerprint density at radius 3 is 2.69 bits per heavy atom. The van der Waals surface area contributed by atoms with Gasteiger partial charge in [0.15, 0.2) is 0 Å². The van der Waals surface area contributed by atoms with Crippen LogP contribution in [0.4, 0.5) is 23.4 Å². The molecule has 26 heavy (non-hydrogen) atoms. The Kier molecular flexibility index (Phi) is 4.41. The summed E-state index contributed by atoms with van der Waals surface area (Å²) in [6.45, 7) is 0.899. The fourth-order valence-corrected chi connectivity index (χ4v) is 2.53. The quantitative estimate of drug-likeness (QED) is 0.548. The van der Waals surface area contributed by atoms with Crippen LogP contribution in [-0.2, 0) is 0 Å². The third-order valence-electron chi connectivity index (χ3n) is 3.59. The van der Waals surface area contributed by atoms with E-state index in [9.17, 15) is 17.6 Å². The zero-order chi connectivity index (χ0) is 19.1. The minimum atomic E-state index is -4.57. The second-order valence-corrected chi connectivity index (χ2v) is 5.67. The number of fused-ring (bicyclic) bond motifs is 1. The fourth-order valence-electron chi connectivity index (χ4n) is 2.26. The number of hydrogen-bond donors (Lipinski definition) is 1. The van der Waals surface area contributed by atoms with Crippen LogP contribution in [0.3, 0.4) is 0 Å². The van der Waals surface area contributed by atoms with E-state index in [1.54, 1.807) is 6.07 Å². The normalized spacial score (nSPS) is 12.8.